The second-order valence-corrected chi connectivity index (χ2v) is 9.55. The SMILES string of the molecule is CC(C)C(=O)Nc1cncc(-c2cc3c(-c4cc5c(-c6cccs6)cncc5[nH]4)n[nH]c3cn2)c1. The number of H-pyrrole nitrogens is 2. The first-order chi connectivity index (χ1) is 17.1. The Kier molecular flexibility index (Phi) is 5.11. The summed E-state index contributed by atoms with van der Waals surface area (Å²) in [4.78, 5) is 30.0. The Labute approximate surface area is 204 Å². The lowest BCUT2D eigenvalue weighted by atomic mass is 10.1. The van der Waals surface area contributed by atoms with E-state index in [9.17, 15) is 4.79 Å². The molecule has 0 aliphatic heterocycles. The van der Waals surface area contributed by atoms with Gasteiger partial charge in [0.2, 0.25) is 5.91 Å². The molecule has 0 fully saturated rings. The van der Waals surface area contributed by atoms with Gasteiger partial charge in [-0.25, -0.2) is 0 Å². The third-order valence-electron chi connectivity index (χ3n) is 5.86. The zero-order valence-electron chi connectivity index (χ0n) is 19.0. The fraction of sp³-hybridized carbons (Fsp3) is 0.115. The van der Waals surface area contributed by atoms with E-state index in [1.165, 1.54) is 4.88 Å². The van der Waals surface area contributed by atoms with Gasteiger partial charge in [0.05, 0.1) is 46.7 Å². The summed E-state index contributed by atoms with van der Waals surface area (Å²) in [6, 6.07) is 10.1. The van der Waals surface area contributed by atoms with Crippen LogP contribution in [0.1, 0.15) is 13.8 Å². The first-order valence-electron chi connectivity index (χ1n) is 11.2. The summed E-state index contributed by atoms with van der Waals surface area (Å²) < 4.78 is 0. The van der Waals surface area contributed by atoms with Crippen LogP contribution >= 0.6 is 11.3 Å². The first-order valence-corrected chi connectivity index (χ1v) is 12.1. The molecule has 0 bridgehead atoms. The predicted octanol–water partition coefficient (Wildman–Crippen LogP) is 5.89. The second-order valence-electron chi connectivity index (χ2n) is 8.60. The maximum atomic E-state index is 12.1. The fourth-order valence-electron chi connectivity index (χ4n) is 4.02. The standard InChI is InChI=1S/C26H21N7OS/c1-14(2)26(34)30-16-6-15(9-27-10-16)20-8-18-23(13-29-20)32-33-25(18)21-7-17-19(24-4-3-5-35-24)11-28-12-22(17)31-21/h3-14,31H,1-2H3,(H,30,34)(H,32,33). The molecule has 1 amide bonds. The summed E-state index contributed by atoms with van der Waals surface area (Å²) >= 11 is 1.69. The number of carbonyl (C=O) groups excluding carboxylic acids is 1. The minimum atomic E-state index is -0.117. The second kappa shape index (κ2) is 8.44. The Morgan fingerprint density at radius 1 is 1.00 bits per heavy atom. The van der Waals surface area contributed by atoms with Gasteiger partial charge in [0.1, 0.15) is 5.69 Å². The highest BCUT2D eigenvalue weighted by Gasteiger charge is 2.16. The predicted molar refractivity (Wildman–Crippen MR) is 139 cm³/mol. The Hall–Kier alpha value is -4.37. The van der Waals surface area contributed by atoms with E-state index in [0.717, 1.165) is 50.0 Å². The average molecular weight is 480 g/mol. The number of anilines is 1. The van der Waals surface area contributed by atoms with E-state index < -0.39 is 0 Å². The molecule has 0 aromatic carbocycles. The van der Waals surface area contributed by atoms with Crippen LogP contribution in [-0.4, -0.2) is 36.0 Å². The van der Waals surface area contributed by atoms with Crippen molar-refractivity contribution in [1.29, 1.82) is 0 Å². The molecule has 0 atom stereocenters. The van der Waals surface area contributed by atoms with Crippen LogP contribution < -0.4 is 5.32 Å². The molecule has 0 saturated heterocycles. The number of nitrogens with one attached hydrogen (secondary N) is 3. The van der Waals surface area contributed by atoms with Crippen molar-refractivity contribution in [2.24, 2.45) is 5.92 Å². The maximum absolute atomic E-state index is 12.1. The Morgan fingerprint density at radius 2 is 1.89 bits per heavy atom. The van der Waals surface area contributed by atoms with Crippen molar-refractivity contribution in [3.8, 4) is 33.1 Å². The summed E-state index contributed by atoms with van der Waals surface area (Å²) in [5.74, 6) is -0.173. The monoisotopic (exact) mass is 479 g/mol. The number of fused-ring (bicyclic) bond motifs is 2. The van der Waals surface area contributed by atoms with E-state index in [1.54, 1.807) is 29.9 Å². The number of amides is 1. The summed E-state index contributed by atoms with van der Waals surface area (Å²) in [6.07, 6.45) is 8.87. The number of hydrogen-bond acceptors (Lipinski definition) is 6. The zero-order valence-corrected chi connectivity index (χ0v) is 19.9. The Morgan fingerprint density at radius 3 is 2.71 bits per heavy atom. The minimum Gasteiger partial charge on any atom is -0.352 e. The molecule has 6 aromatic rings. The van der Waals surface area contributed by atoms with Gasteiger partial charge in [-0.2, -0.15) is 5.10 Å². The van der Waals surface area contributed by atoms with Crippen LogP contribution in [0.5, 0.6) is 0 Å². The molecular formula is C26H21N7OS. The van der Waals surface area contributed by atoms with Crippen molar-refractivity contribution < 1.29 is 4.79 Å². The number of hydrogen-bond donors (Lipinski definition) is 3. The molecular weight excluding hydrogens is 458 g/mol. The number of rotatable bonds is 5. The highest BCUT2D eigenvalue weighted by Crippen LogP contribution is 2.35. The van der Waals surface area contributed by atoms with Crippen molar-refractivity contribution in [3.05, 3.63) is 66.7 Å². The number of nitrogens with zero attached hydrogens (tertiary/aromatic N) is 4. The molecule has 8 nitrogen and oxygen atoms in total. The molecule has 0 unspecified atom stereocenters. The van der Waals surface area contributed by atoms with Crippen LogP contribution in [0, 0.1) is 5.92 Å². The van der Waals surface area contributed by atoms with Gasteiger partial charge < -0.3 is 10.3 Å². The number of thiophene rings is 1. The van der Waals surface area contributed by atoms with Crippen LogP contribution in [0.3, 0.4) is 0 Å². The lowest BCUT2D eigenvalue weighted by Crippen LogP contribution is -2.17. The molecule has 6 rings (SSSR count). The van der Waals surface area contributed by atoms with Gasteiger partial charge in [-0.3, -0.25) is 24.8 Å². The summed E-state index contributed by atoms with van der Waals surface area (Å²) in [6.45, 7) is 3.71. The number of pyridine rings is 3. The lowest BCUT2D eigenvalue weighted by molar-refractivity contribution is -0.118. The van der Waals surface area contributed by atoms with E-state index in [2.05, 4.69) is 53.0 Å². The van der Waals surface area contributed by atoms with Gasteiger partial charge in [-0.15, -0.1) is 11.3 Å². The molecule has 0 radical (unpaired) electrons. The Bertz CT molecular complexity index is 1680. The van der Waals surface area contributed by atoms with Crippen molar-refractivity contribution in [2.45, 2.75) is 13.8 Å². The Balaban J connectivity index is 1.41. The van der Waals surface area contributed by atoms with Gasteiger partial charge in [-0.05, 0) is 29.6 Å². The molecule has 0 spiro atoms. The number of aromatic nitrogens is 6. The highest BCUT2D eigenvalue weighted by molar-refractivity contribution is 7.13. The summed E-state index contributed by atoms with van der Waals surface area (Å²) in [5.41, 5.74) is 6.75. The van der Waals surface area contributed by atoms with E-state index in [1.807, 2.05) is 44.4 Å². The molecule has 0 saturated carbocycles. The third-order valence-corrected chi connectivity index (χ3v) is 6.76. The van der Waals surface area contributed by atoms with Gasteiger partial charge in [0.15, 0.2) is 0 Å². The fourth-order valence-corrected chi connectivity index (χ4v) is 4.77. The topological polar surface area (TPSA) is 112 Å². The molecule has 6 aromatic heterocycles. The molecule has 6 heterocycles. The van der Waals surface area contributed by atoms with Crippen LogP contribution in [0.25, 0.3) is 54.9 Å². The van der Waals surface area contributed by atoms with Crippen molar-refractivity contribution in [3.63, 3.8) is 0 Å². The van der Waals surface area contributed by atoms with Gasteiger partial charge in [-0.1, -0.05) is 19.9 Å². The van der Waals surface area contributed by atoms with E-state index in [4.69, 9.17) is 0 Å². The first kappa shape index (κ1) is 21.2. The smallest absolute Gasteiger partial charge is 0.226 e. The average Bonchev–Trinajstić information content (AvgIpc) is 3.62. The van der Waals surface area contributed by atoms with E-state index in [-0.39, 0.29) is 11.8 Å². The highest BCUT2D eigenvalue weighted by atomic mass is 32.1. The van der Waals surface area contributed by atoms with Gasteiger partial charge >= 0.3 is 0 Å². The van der Waals surface area contributed by atoms with Crippen molar-refractivity contribution >= 4 is 44.7 Å². The van der Waals surface area contributed by atoms with Gasteiger partial charge in [0, 0.05) is 45.1 Å². The molecule has 0 aliphatic rings. The van der Waals surface area contributed by atoms with Crippen LogP contribution in [0.4, 0.5) is 5.69 Å². The van der Waals surface area contributed by atoms with Crippen molar-refractivity contribution in [2.75, 3.05) is 5.32 Å². The largest absolute Gasteiger partial charge is 0.352 e. The summed E-state index contributed by atoms with van der Waals surface area (Å²) in [5, 5.41) is 14.7. The van der Waals surface area contributed by atoms with Crippen LogP contribution in [-0.2, 0) is 4.79 Å². The third kappa shape index (κ3) is 3.85. The lowest BCUT2D eigenvalue weighted by Gasteiger charge is -2.08. The number of aromatic amines is 2. The van der Waals surface area contributed by atoms with Gasteiger partial charge in [0.25, 0.3) is 0 Å². The quantitative estimate of drug-likeness (QED) is 0.286. The van der Waals surface area contributed by atoms with Crippen molar-refractivity contribution in [1.82, 2.24) is 30.1 Å². The number of carbonyl (C=O) groups is 1. The molecule has 172 valence electrons. The van der Waals surface area contributed by atoms with Crippen LogP contribution in [0.15, 0.2) is 66.7 Å². The molecule has 3 N–H and O–H groups in total. The summed E-state index contributed by atoms with van der Waals surface area (Å²) in [7, 11) is 0. The maximum Gasteiger partial charge on any atom is 0.226 e. The van der Waals surface area contributed by atoms with Crippen LogP contribution in [0.2, 0.25) is 0 Å². The molecule has 9 heteroatoms. The minimum absolute atomic E-state index is 0.0558. The van der Waals surface area contributed by atoms with E-state index >= 15 is 0 Å². The normalized spacial score (nSPS) is 11.5. The molecule has 0 aliphatic carbocycles. The van der Waals surface area contributed by atoms with E-state index in [0.29, 0.717) is 5.69 Å². The zero-order chi connectivity index (χ0) is 23.9. The molecule has 35 heavy (non-hydrogen) atoms.